The zero-order chi connectivity index (χ0) is 18.1. The monoisotopic (exact) mass is 422 g/mol. The fourth-order valence-electron chi connectivity index (χ4n) is 3.51. The van der Waals surface area contributed by atoms with Crippen LogP contribution < -0.4 is 5.32 Å². The molecule has 2 aromatic heterocycles. The van der Waals surface area contributed by atoms with Gasteiger partial charge in [-0.15, -0.1) is 29.9 Å². The van der Waals surface area contributed by atoms with Gasteiger partial charge in [0.2, 0.25) is 0 Å². The summed E-state index contributed by atoms with van der Waals surface area (Å²) < 4.78 is 1.72. The van der Waals surface area contributed by atoms with E-state index in [0.717, 1.165) is 41.7 Å². The zero-order valence-electron chi connectivity index (χ0n) is 15.8. The number of carbonyl (C=O) groups excluding carboxylic acids is 1. The molecular formula is C19H24Cl2N6O. The van der Waals surface area contributed by atoms with E-state index < -0.39 is 0 Å². The van der Waals surface area contributed by atoms with Crippen LogP contribution in [0.4, 0.5) is 0 Å². The lowest BCUT2D eigenvalue weighted by molar-refractivity contribution is 0.0691. The zero-order valence-corrected chi connectivity index (χ0v) is 17.5. The van der Waals surface area contributed by atoms with Crippen LogP contribution in [0.5, 0.6) is 0 Å². The predicted octanol–water partition coefficient (Wildman–Crippen LogP) is 2.79. The third-order valence-corrected chi connectivity index (χ3v) is 5.05. The summed E-state index contributed by atoms with van der Waals surface area (Å²) in [6.07, 6.45) is 3.87. The highest BCUT2D eigenvalue weighted by molar-refractivity contribution is 5.93. The largest absolute Gasteiger partial charge is 0.336 e. The first-order valence-corrected chi connectivity index (χ1v) is 8.91. The van der Waals surface area contributed by atoms with Crippen molar-refractivity contribution in [3.05, 3.63) is 47.9 Å². The van der Waals surface area contributed by atoms with Crippen LogP contribution in [0, 0.1) is 6.92 Å². The molecule has 28 heavy (non-hydrogen) atoms. The van der Waals surface area contributed by atoms with E-state index in [2.05, 4.69) is 20.6 Å². The van der Waals surface area contributed by atoms with Gasteiger partial charge in [-0.3, -0.25) is 9.78 Å². The molecule has 1 saturated heterocycles. The van der Waals surface area contributed by atoms with Crippen molar-refractivity contribution >= 4 is 41.6 Å². The summed E-state index contributed by atoms with van der Waals surface area (Å²) in [4.78, 5) is 19.1. The Bertz CT molecular complexity index is 961. The average Bonchev–Trinajstić information content (AvgIpc) is 3.08. The first kappa shape index (κ1) is 22.1. The number of hydrogen-bond acceptors (Lipinski definition) is 5. The number of amides is 1. The first-order chi connectivity index (χ1) is 12.7. The van der Waals surface area contributed by atoms with Gasteiger partial charge in [-0.25, -0.2) is 4.68 Å². The second-order valence-corrected chi connectivity index (χ2v) is 6.69. The van der Waals surface area contributed by atoms with Gasteiger partial charge in [0.1, 0.15) is 0 Å². The van der Waals surface area contributed by atoms with Gasteiger partial charge in [0.15, 0.2) is 5.69 Å². The topological polar surface area (TPSA) is 75.9 Å². The fourth-order valence-corrected chi connectivity index (χ4v) is 3.51. The minimum absolute atomic E-state index is 0. The number of pyridine rings is 1. The number of nitrogens with one attached hydrogen (secondary N) is 1. The number of benzene rings is 1. The molecule has 1 aromatic carbocycles. The van der Waals surface area contributed by atoms with E-state index in [9.17, 15) is 4.79 Å². The lowest BCUT2D eigenvalue weighted by Gasteiger charge is -2.32. The van der Waals surface area contributed by atoms with E-state index >= 15 is 0 Å². The number of nitrogens with zero attached hydrogens (tertiary/aromatic N) is 5. The lowest BCUT2D eigenvalue weighted by Crippen LogP contribution is -2.47. The molecule has 4 rings (SSSR count). The highest BCUT2D eigenvalue weighted by Gasteiger charge is 2.27. The summed E-state index contributed by atoms with van der Waals surface area (Å²) in [6.45, 7) is 3.37. The number of piperidine rings is 1. The molecule has 0 aliphatic carbocycles. The van der Waals surface area contributed by atoms with E-state index in [0.29, 0.717) is 18.3 Å². The minimum atomic E-state index is -0.0452. The summed E-state index contributed by atoms with van der Waals surface area (Å²) in [6, 6.07) is 10.2. The van der Waals surface area contributed by atoms with Gasteiger partial charge in [0, 0.05) is 30.7 Å². The van der Waals surface area contributed by atoms with Crippen LogP contribution in [0.3, 0.4) is 0 Å². The normalized spacial score (nSPS) is 16.4. The molecule has 9 heteroatoms. The van der Waals surface area contributed by atoms with Gasteiger partial charge < -0.3 is 10.2 Å². The molecule has 7 nitrogen and oxygen atoms in total. The van der Waals surface area contributed by atoms with Crippen LogP contribution in [-0.4, -0.2) is 57.0 Å². The molecule has 0 saturated carbocycles. The Kier molecular flexibility index (Phi) is 7.35. The van der Waals surface area contributed by atoms with Gasteiger partial charge in [0.25, 0.3) is 5.91 Å². The van der Waals surface area contributed by atoms with E-state index in [1.807, 2.05) is 49.2 Å². The van der Waals surface area contributed by atoms with Gasteiger partial charge in [-0.1, -0.05) is 11.3 Å². The van der Waals surface area contributed by atoms with E-state index in [4.69, 9.17) is 0 Å². The molecule has 0 spiro atoms. The lowest BCUT2D eigenvalue weighted by atomic mass is 10.1. The van der Waals surface area contributed by atoms with Crippen LogP contribution in [0.2, 0.25) is 0 Å². The van der Waals surface area contributed by atoms with E-state index in [1.165, 1.54) is 0 Å². The maximum absolute atomic E-state index is 12.9. The van der Waals surface area contributed by atoms with Gasteiger partial charge >= 0.3 is 0 Å². The van der Waals surface area contributed by atoms with Crippen molar-refractivity contribution in [2.45, 2.75) is 25.8 Å². The van der Waals surface area contributed by atoms with Crippen LogP contribution in [0.15, 0.2) is 36.5 Å². The second-order valence-electron chi connectivity index (χ2n) is 6.69. The number of hydrogen-bond donors (Lipinski definition) is 1. The van der Waals surface area contributed by atoms with Crippen LogP contribution >= 0.6 is 24.8 Å². The van der Waals surface area contributed by atoms with Gasteiger partial charge in [-0.2, -0.15) is 0 Å². The van der Waals surface area contributed by atoms with E-state index in [1.54, 1.807) is 10.9 Å². The Morgan fingerprint density at radius 1 is 1.25 bits per heavy atom. The predicted molar refractivity (Wildman–Crippen MR) is 114 cm³/mol. The Balaban J connectivity index is 0.00000140. The number of likely N-dealkylation sites (N-methyl/N-ethyl adjacent to an activating group) is 1. The van der Waals surface area contributed by atoms with Crippen molar-refractivity contribution in [1.82, 2.24) is 30.2 Å². The summed E-state index contributed by atoms with van der Waals surface area (Å²) in [5, 5.41) is 12.7. The molecular weight excluding hydrogens is 399 g/mol. The number of fused-ring (bicyclic) bond motifs is 1. The van der Waals surface area contributed by atoms with Crippen LogP contribution in [0.1, 0.15) is 29.0 Å². The summed E-state index contributed by atoms with van der Waals surface area (Å²) in [5.74, 6) is -0.0452. The second kappa shape index (κ2) is 9.32. The van der Waals surface area contributed by atoms with Crippen LogP contribution in [0.25, 0.3) is 16.6 Å². The fraction of sp³-hybridized carbons (Fsp3) is 0.368. The molecule has 1 fully saturated rings. The quantitative estimate of drug-likeness (QED) is 0.701. The number of rotatable bonds is 3. The average molecular weight is 423 g/mol. The number of carbonyl (C=O) groups is 1. The number of aromatic nitrogens is 4. The van der Waals surface area contributed by atoms with Crippen molar-refractivity contribution < 1.29 is 4.79 Å². The summed E-state index contributed by atoms with van der Waals surface area (Å²) in [5.41, 5.74) is 2.98. The third-order valence-electron chi connectivity index (χ3n) is 5.05. The van der Waals surface area contributed by atoms with Crippen molar-refractivity contribution in [3.8, 4) is 5.69 Å². The van der Waals surface area contributed by atoms with Gasteiger partial charge in [-0.05, 0) is 51.1 Å². The van der Waals surface area contributed by atoms with E-state index in [-0.39, 0.29) is 30.7 Å². The SMILES string of the molecule is CNC1CCCN(C(=O)c2nnn(-c3ccc4ncccc4c3)c2C)C1.Cl.Cl. The molecule has 3 heterocycles. The molecule has 3 aromatic rings. The Morgan fingerprint density at radius 3 is 2.86 bits per heavy atom. The number of halogens is 2. The first-order valence-electron chi connectivity index (χ1n) is 8.91. The molecule has 0 radical (unpaired) electrons. The number of likely N-dealkylation sites (tertiary alicyclic amines) is 1. The summed E-state index contributed by atoms with van der Waals surface area (Å²) >= 11 is 0. The van der Waals surface area contributed by atoms with Crippen LogP contribution in [-0.2, 0) is 0 Å². The maximum Gasteiger partial charge on any atom is 0.276 e. The molecule has 1 aliphatic rings. The minimum Gasteiger partial charge on any atom is -0.336 e. The molecule has 1 N–H and O–H groups in total. The molecule has 1 atom stereocenters. The Labute approximate surface area is 176 Å². The van der Waals surface area contributed by atoms with Crippen molar-refractivity contribution in [2.75, 3.05) is 20.1 Å². The van der Waals surface area contributed by atoms with Gasteiger partial charge in [0.05, 0.1) is 16.9 Å². The Morgan fingerprint density at radius 2 is 2.07 bits per heavy atom. The Hall–Kier alpha value is -2.22. The maximum atomic E-state index is 12.9. The smallest absolute Gasteiger partial charge is 0.276 e. The summed E-state index contributed by atoms with van der Waals surface area (Å²) in [7, 11) is 1.94. The molecule has 1 aliphatic heterocycles. The standard InChI is InChI=1S/C19H22N6O.2ClH/c1-13-18(19(26)24-10-4-6-15(12-24)20-2)22-23-25(13)16-7-8-17-14(11-16)5-3-9-21-17;;/h3,5,7-9,11,15,20H,4,6,10,12H2,1-2H3;2*1H. The highest BCUT2D eigenvalue weighted by Crippen LogP contribution is 2.20. The van der Waals surface area contributed by atoms with Crippen molar-refractivity contribution in [2.24, 2.45) is 0 Å². The third kappa shape index (κ3) is 4.11. The van der Waals surface area contributed by atoms with Crippen molar-refractivity contribution in [1.29, 1.82) is 0 Å². The molecule has 1 unspecified atom stereocenters. The molecule has 0 bridgehead atoms. The van der Waals surface area contributed by atoms with Crippen molar-refractivity contribution in [3.63, 3.8) is 0 Å². The highest BCUT2D eigenvalue weighted by atomic mass is 35.5. The molecule has 1 amide bonds. The molecule has 150 valence electrons.